The van der Waals surface area contributed by atoms with Crippen LogP contribution in [0.15, 0.2) is 35.1 Å². The number of fused-ring (bicyclic) bond motifs is 2. The van der Waals surface area contributed by atoms with Crippen molar-refractivity contribution >= 4 is 31.5 Å². The van der Waals surface area contributed by atoms with Crippen molar-refractivity contribution < 1.29 is 5.11 Å². The second-order valence-corrected chi connectivity index (χ2v) is 6.45. The predicted octanol–water partition coefficient (Wildman–Crippen LogP) is 4.55. The summed E-state index contributed by atoms with van der Waals surface area (Å²) in [5.41, 5.74) is 1.96. The fourth-order valence-electron chi connectivity index (χ4n) is 2.74. The maximum Gasteiger partial charge on any atom is 0.196 e. The van der Waals surface area contributed by atoms with Crippen molar-refractivity contribution in [2.75, 3.05) is 0 Å². The lowest BCUT2D eigenvalue weighted by Gasteiger charge is -2.15. The normalized spacial score (nSPS) is 11.6. The minimum absolute atomic E-state index is 0.00606. The SMILES string of the molecule is Cc1c(O)cc2c(=O)c3ccccc3sc2c1C(C)C. The molecule has 0 aliphatic rings. The van der Waals surface area contributed by atoms with Crippen LogP contribution in [0.25, 0.3) is 20.2 Å². The summed E-state index contributed by atoms with van der Waals surface area (Å²) in [6.45, 7) is 6.09. The monoisotopic (exact) mass is 284 g/mol. The van der Waals surface area contributed by atoms with E-state index in [1.165, 1.54) is 0 Å². The molecule has 0 saturated heterocycles. The molecule has 0 aliphatic carbocycles. The first-order chi connectivity index (χ1) is 9.50. The van der Waals surface area contributed by atoms with E-state index in [0.29, 0.717) is 5.39 Å². The molecule has 1 aromatic heterocycles. The zero-order chi connectivity index (χ0) is 14.4. The zero-order valence-electron chi connectivity index (χ0n) is 11.7. The molecule has 3 aromatic rings. The molecule has 3 heteroatoms. The number of phenols is 1. The molecule has 0 fully saturated rings. The van der Waals surface area contributed by atoms with Crippen LogP contribution in [-0.4, -0.2) is 5.11 Å². The summed E-state index contributed by atoms with van der Waals surface area (Å²) in [7, 11) is 0. The maximum absolute atomic E-state index is 12.6. The van der Waals surface area contributed by atoms with Crippen molar-refractivity contribution in [3.8, 4) is 5.75 Å². The molecule has 20 heavy (non-hydrogen) atoms. The van der Waals surface area contributed by atoms with Gasteiger partial charge < -0.3 is 5.11 Å². The van der Waals surface area contributed by atoms with Crippen LogP contribution in [0.1, 0.15) is 30.9 Å². The van der Waals surface area contributed by atoms with E-state index in [2.05, 4.69) is 13.8 Å². The maximum atomic E-state index is 12.6. The lowest BCUT2D eigenvalue weighted by molar-refractivity contribution is 0.470. The summed E-state index contributed by atoms with van der Waals surface area (Å²) < 4.78 is 2.00. The van der Waals surface area contributed by atoms with Crippen LogP contribution in [0.2, 0.25) is 0 Å². The Labute approximate surface area is 121 Å². The highest BCUT2D eigenvalue weighted by Crippen LogP contribution is 2.37. The minimum atomic E-state index is 0.00606. The summed E-state index contributed by atoms with van der Waals surface area (Å²) in [4.78, 5) is 12.6. The van der Waals surface area contributed by atoms with E-state index in [1.54, 1.807) is 17.4 Å². The average molecular weight is 284 g/mol. The van der Waals surface area contributed by atoms with E-state index in [1.807, 2.05) is 31.2 Å². The fraction of sp³-hybridized carbons (Fsp3) is 0.235. The molecular weight excluding hydrogens is 268 g/mol. The van der Waals surface area contributed by atoms with Gasteiger partial charge in [0.25, 0.3) is 0 Å². The highest BCUT2D eigenvalue weighted by Gasteiger charge is 2.16. The molecule has 1 heterocycles. The number of hydrogen-bond donors (Lipinski definition) is 1. The van der Waals surface area contributed by atoms with E-state index < -0.39 is 0 Å². The topological polar surface area (TPSA) is 37.3 Å². The van der Waals surface area contributed by atoms with Gasteiger partial charge in [0.2, 0.25) is 0 Å². The largest absolute Gasteiger partial charge is 0.508 e. The summed E-state index contributed by atoms with van der Waals surface area (Å²) in [6, 6.07) is 9.26. The van der Waals surface area contributed by atoms with Gasteiger partial charge in [-0.15, -0.1) is 11.3 Å². The lowest BCUT2D eigenvalue weighted by atomic mass is 9.95. The third-order valence-electron chi connectivity index (χ3n) is 3.72. The van der Waals surface area contributed by atoms with Gasteiger partial charge >= 0.3 is 0 Å². The highest BCUT2D eigenvalue weighted by atomic mass is 32.1. The number of phenolic OH excluding ortho intramolecular Hbond substituents is 1. The van der Waals surface area contributed by atoms with E-state index in [9.17, 15) is 9.90 Å². The molecule has 0 bridgehead atoms. The van der Waals surface area contributed by atoms with Gasteiger partial charge in [-0.25, -0.2) is 0 Å². The molecule has 1 N–H and O–H groups in total. The molecule has 0 amide bonds. The van der Waals surface area contributed by atoms with Crippen molar-refractivity contribution in [1.29, 1.82) is 0 Å². The minimum Gasteiger partial charge on any atom is -0.508 e. The highest BCUT2D eigenvalue weighted by molar-refractivity contribution is 7.24. The second kappa shape index (κ2) is 4.60. The quantitative estimate of drug-likeness (QED) is 0.665. The van der Waals surface area contributed by atoms with E-state index in [-0.39, 0.29) is 17.1 Å². The number of rotatable bonds is 1. The van der Waals surface area contributed by atoms with Gasteiger partial charge in [-0.3, -0.25) is 4.79 Å². The Morgan fingerprint density at radius 3 is 2.55 bits per heavy atom. The van der Waals surface area contributed by atoms with E-state index >= 15 is 0 Å². The molecule has 0 aliphatic heterocycles. The summed E-state index contributed by atoms with van der Waals surface area (Å²) in [5, 5.41) is 11.5. The van der Waals surface area contributed by atoms with Crippen LogP contribution in [0.3, 0.4) is 0 Å². The van der Waals surface area contributed by atoms with Gasteiger partial charge in [0.15, 0.2) is 5.43 Å². The Morgan fingerprint density at radius 1 is 1.15 bits per heavy atom. The molecule has 0 saturated carbocycles. The van der Waals surface area contributed by atoms with Gasteiger partial charge in [-0.1, -0.05) is 26.0 Å². The van der Waals surface area contributed by atoms with Gasteiger partial charge in [-0.2, -0.15) is 0 Å². The van der Waals surface area contributed by atoms with Gasteiger partial charge in [0.05, 0.1) is 0 Å². The van der Waals surface area contributed by atoms with Crippen LogP contribution in [-0.2, 0) is 0 Å². The molecule has 0 atom stereocenters. The van der Waals surface area contributed by atoms with Crippen LogP contribution in [0.5, 0.6) is 5.75 Å². The number of aromatic hydroxyl groups is 1. The Bertz CT molecular complexity index is 875. The molecule has 2 aromatic carbocycles. The lowest BCUT2D eigenvalue weighted by Crippen LogP contribution is -2.04. The van der Waals surface area contributed by atoms with Crippen LogP contribution < -0.4 is 5.43 Å². The average Bonchev–Trinajstić information content (AvgIpc) is 2.41. The van der Waals surface area contributed by atoms with Crippen molar-refractivity contribution in [3.05, 3.63) is 51.7 Å². The van der Waals surface area contributed by atoms with Crippen LogP contribution in [0.4, 0.5) is 0 Å². The number of hydrogen-bond acceptors (Lipinski definition) is 3. The predicted molar refractivity (Wildman–Crippen MR) is 86.1 cm³/mol. The standard InChI is InChI=1S/C17H16O2S/c1-9(2)15-10(3)13(18)8-12-16(19)11-6-4-5-7-14(11)20-17(12)15/h4-9,18H,1-3H3. The Hall–Kier alpha value is -1.87. The first-order valence-corrected chi connectivity index (χ1v) is 7.50. The third-order valence-corrected chi connectivity index (χ3v) is 4.94. The van der Waals surface area contributed by atoms with E-state index in [0.717, 1.165) is 25.9 Å². The summed E-state index contributed by atoms with van der Waals surface area (Å²) in [5.74, 6) is 0.474. The number of benzene rings is 2. The second-order valence-electron chi connectivity index (χ2n) is 5.39. The molecule has 0 spiro atoms. The van der Waals surface area contributed by atoms with Crippen molar-refractivity contribution in [1.82, 2.24) is 0 Å². The molecule has 0 unspecified atom stereocenters. The Kier molecular flexibility index (Phi) is 3.02. The fourth-order valence-corrected chi connectivity index (χ4v) is 4.13. The molecule has 2 nitrogen and oxygen atoms in total. The van der Waals surface area contributed by atoms with Gasteiger partial charge in [0.1, 0.15) is 5.75 Å². The third kappa shape index (κ3) is 1.81. The van der Waals surface area contributed by atoms with Crippen molar-refractivity contribution in [2.24, 2.45) is 0 Å². The van der Waals surface area contributed by atoms with Crippen molar-refractivity contribution in [2.45, 2.75) is 26.7 Å². The first kappa shape index (κ1) is 13.1. The molecular formula is C17H16O2S. The summed E-state index contributed by atoms with van der Waals surface area (Å²) >= 11 is 1.63. The molecule has 102 valence electrons. The smallest absolute Gasteiger partial charge is 0.196 e. The van der Waals surface area contributed by atoms with Gasteiger partial charge in [-0.05, 0) is 42.2 Å². The van der Waals surface area contributed by atoms with Crippen LogP contribution >= 0.6 is 11.3 Å². The zero-order valence-corrected chi connectivity index (χ0v) is 12.5. The van der Waals surface area contributed by atoms with Gasteiger partial charge in [0, 0.05) is 20.2 Å². The Morgan fingerprint density at radius 2 is 1.85 bits per heavy atom. The van der Waals surface area contributed by atoms with Crippen molar-refractivity contribution in [3.63, 3.8) is 0 Å². The molecule has 0 radical (unpaired) electrons. The molecule has 3 rings (SSSR count). The summed E-state index contributed by atoms with van der Waals surface area (Å²) in [6.07, 6.45) is 0. The van der Waals surface area contributed by atoms with E-state index in [4.69, 9.17) is 0 Å². The first-order valence-electron chi connectivity index (χ1n) is 6.68. The van der Waals surface area contributed by atoms with Crippen LogP contribution in [0, 0.1) is 6.92 Å². The Balaban J connectivity index is 2.61.